The Morgan fingerprint density at radius 3 is 2.70 bits per heavy atom. The van der Waals surface area contributed by atoms with Gasteiger partial charge in [-0.25, -0.2) is 0 Å². The van der Waals surface area contributed by atoms with E-state index in [4.69, 9.17) is 9.47 Å². The normalized spacial score (nSPS) is 11.8. The van der Waals surface area contributed by atoms with E-state index >= 15 is 0 Å². The molecule has 6 nitrogen and oxygen atoms in total. The zero-order valence-electron chi connectivity index (χ0n) is 13.6. The summed E-state index contributed by atoms with van der Waals surface area (Å²) < 4.78 is 15.3. The Labute approximate surface area is 135 Å². The number of allylic oxidation sites excluding steroid dienone is 1. The summed E-state index contributed by atoms with van der Waals surface area (Å²) in [4.78, 5) is 25.3. The second kappa shape index (κ2) is 7.67. The lowest BCUT2D eigenvalue weighted by Gasteiger charge is -2.21. The zero-order valence-corrected chi connectivity index (χ0v) is 13.6. The van der Waals surface area contributed by atoms with Gasteiger partial charge < -0.3 is 19.1 Å². The molecular weight excluding hydrogens is 298 g/mol. The fourth-order valence-corrected chi connectivity index (χ4v) is 2.19. The van der Waals surface area contributed by atoms with E-state index in [0.29, 0.717) is 24.6 Å². The maximum absolute atomic E-state index is 12.3. The van der Waals surface area contributed by atoms with Gasteiger partial charge in [0.1, 0.15) is 0 Å². The third-order valence-corrected chi connectivity index (χ3v) is 3.35. The number of carbonyl (C=O) groups excluding carboxylic acids is 2. The monoisotopic (exact) mass is 319 g/mol. The Bertz CT molecular complexity index is 619. The Balaban J connectivity index is 2.11. The molecule has 0 saturated carbocycles. The molecule has 2 rings (SSSR count). The molecule has 0 aromatic heterocycles. The minimum absolute atomic E-state index is 0.133. The largest absolute Gasteiger partial charge is 0.469 e. The maximum atomic E-state index is 12.3. The lowest BCUT2D eigenvalue weighted by Crippen LogP contribution is -2.31. The summed E-state index contributed by atoms with van der Waals surface area (Å²) in [5, 5.41) is 0. The SMILES string of the molecule is COC(=O)CCN(Cc1ccc2c(c1)OCO2)C(=O)C=C(C)C. The summed E-state index contributed by atoms with van der Waals surface area (Å²) in [7, 11) is 1.34. The van der Waals surface area contributed by atoms with E-state index in [-0.39, 0.29) is 25.1 Å². The lowest BCUT2D eigenvalue weighted by molar-refractivity contribution is -0.141. The number of hydrogen-bond acceptors (Lipinski definition) is 5. The van der Waals surface area contributed by atoms with Gasteiger partial charge in [-0.2, -0.15) is 0 Å². The molecule has 0 unspecified atom stereocenters. The number of carbonyl (C=O) groups is 2. The van der Waals surface area contributed by atoms with E-state index in [9.17, 15) is 9.59 Å². The van der Waals surface area contributed by atoms with Crippen LogP contribution < -0.4 is 9.47 Å². The highest BCUT2D eigenvalue weighted by Crippen LogP contribution is 2.32. The summed E-state index contributed by atoms with van der Waals surface area (Å²) in [5.41, 5.74) is 1.82. The Kier molecular flexibility index (Phi) is 5.62. The van der Waals surface area contributed by atoms with Gasteiger partial charge in [0.05, 0.1) is 13.5 Å². The van der Waals surface area contributed by atoms with Crippen molar-refractivity contribution in [2.24, 2.45) is 0 Å². The van der Waals surface area contributed by atoms with Crippen LogP contribution in [0.1, 0.15) is 25.8 Å². The van der Waals surface area contributed by atoms with Crippen molar-refractivity contribution < 1.29 is 23.8 Å². The summed E-state index contributed by atoms with van der Waals surface area (Å²) in [6.45, 7) is 4.61. The summed E-state index contributed by atoms with van der Waals surface area (Å²) >= 11 is 0. The van der Waals surface area contributed by atoms with Crippen molar-refractivity contribution in [3.8, 4) is 11.5 Å². The molecule has 0 N–H and O–H groups in total. The van der Waals surface area contributed by atoms with Crippen LogP contribution in [0, 0.1) is 0 Å². The van der Waals surface area contributed by atoms with Crippen molar-refractivity contribution in [2.75, 3.05) is 20.4 Å². The van der Waals surface area contributed by atoms with E-state index in [1.807, 2.05) is 32.0 Å². The van der Waals surface area contributed by atoms with E-state index in [1.54, 1.807) is 11.0 Å². The quantitative estimate of drug-likeness (QED) is 0.594. The number of hydrogen-bond donors (Lipinski definition) is 0. The smallest absolute Gasteiger partial charge is 0.307 e. The molecule has 1 aromatic carbocycles. The average molecular weight is 319 g/mol. The van der Waals surface area contributed by atoms with Crippen LogP contribution in [0.2, 0.25) is 0 Å². The maximum Gasteiger partial charge on any atom is 0.307 e. The van der Waals surface area contributed by atoms with E-state index in [2.05, 4.69) is 4.74 Å². The molecule has 0 aliphatic carbocycles. The number of ether oxygens (including phenoxy) is 3. The van der Waals surface area contributed by atoms with Crippen LogP contribution >= 0.6 is 0 Å². The molecule has 23 heavy (non-hydrogen) atoms. The van der Waals surface area contributed by atoms with Crippen molar-refractivity contribution >= 4 is 11.9 Å². The molecular formula is C17H21NO5. The topological polar surface area (TPSA) is 65.1 Å². The van der Waals surface area contributed by atoms with Crippen LogP contribution in [0.5, 0.6) is 11.5 Å². The molecule has 0 bridgehead atoms. The first-order valence-corrected chi connectivity index (χ1v) is 7.38. The second-order valence-electron chi connectivity index (χ2n) is 5.50. The van der Waals surface area contributed by atoms with Crippen LogP contribution in [0.3, 0.4) is 0 Å². The third-order valence-electron chi connectivity index (χ3n) is 3.35. The number of benzene rings is 1. The van der Waals surface area contributed by atoms with Gasteiger partial charge in [0.2, 0.25) is 12.7 Å². The molecule has 6 heteroatoms. The molecule has 0 radical (unpaired) electrons. The number of rotatable bonds is 6. The van der Waals surface area contributed by atoms with Gasteiger partial charge in [-0.05, 0) is 31.5 Å². The van der Waals surface area contributed by atoms with Gasteiger partial charge in [-0.15, -0.1) is 0 Å². The number of methoxy groups -OCH3 is 1. The van der Waals surface area contributed by atoms with Crippen LogP contribution in [0.25, 0.3) is 0 Å². The van der Waals surface area contributed by atoms with E-state index < -0.39 is 0 Å². The molecule has 1 aliphatic heterocycles. The molecule has 0 atom stereocenters. The number of nitrogens with zero attached hydrogens (tertiary/aromatic N) is 1. The van der Waals surface area contributed by atoms with Crippen LogP contribution in [0.4, 0.5) is 0 Å². The third kappa shape index (κ3) is 4.74. The summed E-state index contributed by atoms with van der Waals surface area (Å²) in [6.07, 6.45) is 1.72. The minimum atomic E-state index is -0.342. The fourth-order valence-electron chi connectivity index (χ4n) is 2.19. The first kappa shape index (κ1) is 16.9. The van der Waals surface area contributed by atoms with Crippen molar-refractivity contribution in [3.63, 3.8) is 0 Å². The molecule has 0 spiro atoms. The van der Waals surface area contributed by atoms with Gasteiger partial charge in [0.25, 0.3) is 0 Å². The first-order valence-electron chi connectivity index (χ1n) is 7.38. The van der Waals surface area contributed by atoms with Crippen molar-refractivity contribution in [1.82, 2.24) is 4.90 Å². The Morgan fingerprint density at radius 2 is 2.00 bits per heavy atom. The minimum Gasteiger partial charge on any atom is -0.469 e. The standard InChI is InChI=1S/C17H21NO5/c1-12(2)8-16(19)18(7-6-17(20)21-3)10-13-4-5-14-15(9-13)23-11-22-14/h4-5,8-9H,6-7,10-11H2,1-3H3. The summed E-state index contributed by atoms with van der Waals surface area (Å²) in [6, 6.07) is 5.55. The number of amides is 1. The van der Waals surface area contributed by atoms with Gasteiger partial charge >= 0.3 is 5.97 Å². The van der Waals surface area contributed by atoms with E-state index in [1.165, 1.54) is 7.11 Å². The predicted molar refractivity (Wildman–Crippen MR) is 84.0 cm³/mol. The van der Waals surface area contributed by atoms with Crippen LogP contribution in [-0.4, -0.2) is 37.2 Å². The number of fused-ring (bicyclic) bond motifs is 1. The average Bonchev–Trinajstić information content (AvgIpc) is 2.97. The molecule has 1 aromatic rings. The lowest BCUT2D eigenvalue weighted by atomic mass is 10.1. The number of esters is 1. The molecule has 0 fully saturated rings. The van der Waals surface area contributed by atoms with Crippen LogP contribution in [0.15, 0.2) is 29.8 Å². The zero-order chi connectivity index (χ0) is 16.8. The molecule has 1 aliphatic rings. The highest BCUT2D eigenvalue weighted by Gasteiger charge is 2.17. The van der Waals surface area contributed by atoms with Gasteiger partial charge in [0, 0.05) is 19.2 Å². The second-order valence-corrected chi connectivity index (χ2v) is 5.50. The van der Waals surface area contributed by atoms with E-state index in [0.717, 1.165) is 11.1 Å². The van der Waals surface area contributed by atoms with Crippen molar-refractivity contribution in [1.29, 1.82) is 0 Å². The highest BCUT2D eigenvalue weighted by atomic mass is 16.7. The van der Waals surface area contributed by atoms with Gasteiger partial charge in [0.15, 0.2) is 11.5 Å². The van der Waals surface area contributed by atoms with Crippen molar-refractivity contribution in [3.05, 3.63) is 35.4 Å². The Morgan fingerprint density at radius 1 is 1.26 bits per heavy atom. The van der Waals surface area contributed by atoms with Gasteiger partial charge in [-0.1, -0.05) is 11.6 Å². The fraction of sp³-hybridized carbons (Fsp3) is 0.412. The Hall–Kier alpha value is -2.50. The van der Waals surface area contributed by atoms with Crippen LogP contribution in [-0.2, 0) is 20.9 Å². The summed E-state index contributed by atoms with van der Waals surface area (Å²) in [5.74, 6) is 0.896. The molecule has 1 heterocycles. The van der Waals surface area contributed by atoms with Crippen molar-refractivity contribution in [2.45, 2.75) is 26.8 Å². The highest BCUT2D eigenvalue weighted by molar-refractivity contribution is 5.88. The molecule has 0 saturated heterocycles. The predicted octanol–water partition coefficient (Wildman–Crippen LogP) is 2.27. The van der Waals surface area contributed by atoms with Gasteiger partial charge in [-0.3, -0.25) is 9.59 Å². The molecule has 1 amide bonds. The molecule has 124 valence electrons. The first-order chi connectivity index (χ1) is 11.0.